The Labute approximate surface area is 127 Å². The summed E-state index contributed by atoms with van der Waals surface area (Å²) in [6.45, 7) is 1.73. The van der Waals surface area contributed by atoms with E-state index in [1.807, 2.05) is 30.3 Å². The average Bonchev–Trinajstić information content (AvgIpc) is 3.20. The highest BCUT2D eigenvalue weighted by molar-refractivity contribution is 6.31. The standard InChI is InChI=1S/C16H16ClN3O/c17-11-5-6-13-15(9-11)20(10-12-3-2-8-21-12)16(19-13)14-4-1-7-18-14/h2-3,5-6,8-9,14,18H,1,4,7,10H2. The van der Waals surface area contributed by atoms with Crippen LogP contribution in [0.2, 0.25) is 5.02 Å². The second-order valence-electron chi connectivity index (χ2n) is 5.42. The first-order chi connectivity index (χ1) is 10.3. The lowest BCUT2D eigenvalue weighted by Crippen LogP contribution is -2.18. The molecule has 3 heterocycles. The van der Waals surface area contributed by atoms with Gasteiger partial charge in [0.05, 0.1) is 29.9 Å². The Hall–Kier alpha value is -1.78. The van der Waals surface area contributed by atoms with Crippen LogP contribution in [0.5, 0.6) is 0 Å². The Morgan fingerprint density at radius 3 is 3.10 bits per heavy atom. The summed E-state index contributed by atoms with van der Waals surface area (Å²) in [6, 6.07) is 10.1. The molecule has 0 amide bonds. The van der Waals surface area contributed by atoms with E-state index in [1.165, 1.54) is 6.42 Å². The zero-order chi connectivity index (χ0) is 14.2. The molecular formula is C16H16ClN3O. The SMILES string of the molecule is Clc1ccc2nc(C3CCCN3)n(Cc3ccco3)c2c1. The summed E-state index contributed by atoms with van der Waals surface area (Å²) >= 11 is 6.16. The number of furan rings is 1. The molecule has 0 spiro atoms. The number of halogens is 1. The first-order valence-corrected chi connectivity index (χ1v) is 7.60. The molecule has 1 aliphatic heterocycles. The maximum absolute atomic E-state index is 6.16. The van der Waals surface area contributed by atoms with Crippen LogP contribution in [-0.4, -0.2) is 16.1 Å². The maximum Gasteiger partial charge on any atom is 0.127 e. The third-order valence-electron chi connectivity index (χ3n) is 4.01. The van der Waals surface area contributed by atoms with Crippen molar-refractivity contribution >= 4 is 22.6 Å². The van der Waals surface area contributed by atoms with E-state index in [9.17, 15) is 0 Å². The zero-order valence-corrected chi connectivity index (χ0v) is 12.3. The summed E-state index contributed by atoms with van der Waals surface area (Å²) in [5.41, 5.74) is 2.04. The summed E-state index contributed by atoms with van der Waals surface area (Å²) in [7, 11) is 0. The molecule has 3 aromatic rings. The smallest absolute Gasteiger partial charge is 0.127 e. The van der Waals surface area contributed by atoms with Crippen LogP contribution in [0.4, 0.5) is 0 Å². The molecule has 0 saturated carbocycles. The summed E-state index contributed by atoms with van der Waals surface area (Å²) < 4.78 is 7.71. The summed E-state index contributed by atoms with van der Waals surface area (Å²) in [5, 5.41) is 4.25. The van der Waals surface area contributed by atoms with Crippen molar-refractivity contribution in [2.75, 3.05) is 6.54 Å². The Balaban J connectivity index is 1.86. The molecule has 2 aromatic heterocycles. The van der Waals surface area contributed by atoms with Gasteiger partial charge in [-0.2, -0.15) is 0 Å². The van der Waals surface area contributed by atoms with Gasteiger partial charge in [-0.1, -0.05) is 11.6 Å². The third kappa shape index (κ3) is 2.34. The van der Waals surface area contributed by atoms with Crippen LogP contribution in [0.1, 0.15) is 30.5 Å². The first kappa shape index (κ1) is 12.9. The summed E-state index contributed by atoms with van der Waals surface area (Å²) in [4.78, 5) is 4.82. The van der Waals surface area contributed by atoms with Crippen LogP contribution in [0, 0.1) is 0 Å². The molecule has 1 aliphatic rings. The van der Waals surface area contributed by atoms with E-state index in [2.05, 4.69) is 9.88 Å². The van der Waals surface area contributed by atoms with Crippen molar-refractivity contribution in [2.24, 2.45) is 0 Å². The molecule has 4 rings (SSSR count). The van der Waals surface area contributed by atoms with Gasteiger partial charge in [0.15, 0.2) is 0 Å². The molecular weight excluding hydrogens is 286 g/mol. The van der Waals surface area contributed by atoms with Gasteiger partial charge in [-0.15, -0.1) is 0 Å². The lowest BCUT2D eigenvalue weighted by atomic mass is 10.2. The fourth-order valence-corrected chi connectivity index (χ4v) is 3.18. The van der Waals surface area contributed by atoms with Crippen LogP contribution in [0.3, 0.4) is 0 Å². The highest BCUT2D eigenvalue weighted by Gasteiger charge is 2.23. The number of nitrogens with zero attached hydrogens (tertiary/aromatic N) is 2. The molecule has 1 fully saturated rings. The number of hydrogen-bond acceptors (Lipinski definition) is 3. The highest BCUT2D eigenvalue weighted by Crippen LogP contribution is 2.28. The van der Waals surface area contributed by atoms with Crippen LogP contribution in [-0.2, 0) is 6.54 Å². The molecule has 5 heteroatoms. The monoisotopic (exact) mass is 301 g/mol. The molecule has 1 aromatic carbocycles. The minimum absolute atomic E-state index is 0.311. The topological polar surface area (TPSA) is 43.0 Å². The van der Waals surface area contributed by atoms with Gasteiger partial charge in [0.2, 0.25) is 0 Å². The Morgan fingerprint density at radius 2 is 2.33 bits per heavy atom. The van der Waals surface area contributed by atoms with E-state index in [-0.39, 0.29) is 0 Å². The van der Waals surface area contributed by atoms with Crippen molar-refractivity contribution in [1.29, 1.82) is 0 Å². The van der Waals surface area contributed by atoms with Gasteiger partial charge in [-0.05, 0) is 49.7 Å². The second kappa shape index (κ2) is 5.20. The predicted octanol–water partition coefficient (Wildman–Crippen LogP) is 3.76. The average molecular weight is 302 g/mol. The van der Waals surface area contributed by atoms with E-state index >= 15 is 0 Å². The lowest BCUT2D eigenvalue weighted by molar-refractivity contribution is 0.481. The third-order valence-corrected chi connectivity index (χ3v) is 4.24. The van der Waals surface area contributed by atoms with Crippen molar-refractivity contribution in [3.05, 3.63) is 53.2 Å². The van der Waals surface area contributed by atoms with Gasteiger partial charge >= 0.3 is 0 Å². The Morgan fingerprint density at radius 1 is 1.38 bits per heavy atom. The van der Waals surface area contributed by atoms with E-state index in [4.69, 9.17) is 21.0 Å². The molecule has 1 N–H and O–H groups in total. The highest BCUT2D eigenvalue weighted by atomic mass is 35.5. The van der Waals surface area contributed by atoms with Crippen molar-refractivity contribution in [3.63, 3.8) is 0 Å². The van der Waals surface area contributed by atoms with Crippen LogP contribution in [0.25, 0.3) is 11.0 Å². The number of fused-ring (bicyclic) bond motifs is 1. The number of nitrogens with one attached hydrogen (secondary N) is 1. The molecule has 0 radical (unpaired) electrons. The van der Waals surface area contributed by atoms with Crippen molar-refractivity contribution in [2.45, 2.75) is 25.4 Å². The van der Waals surface area contributed by atoms with Gasteiger partial charge < -0.3 is 14.3 Å². The molecule has 1 saturated heterocycles. The Bertz CT molecular complexity index is 757. The van der Waals surface area contributed by atoms with Crippen LogP contribution in [0.15, 0.2) is 41.0 Å². The van der Waals surface area contributed by atoms with Gasteiger partial charge in [-0.3, -0.25) is 0 Å². The summed E-state index contributed by atoms with van der Waals surface area (Å²) in [5.74, 6) is 2.00. The minimum Gasteiger partial charge on any atom is -0.467 e. The lowest BCUT2D eigenvalue weighted by Gasteiger charge is -2.13. The van der Waals surface area contributed by atoms with E-state index in [0.29, 0.717) is 12.6 Å². The zero-order valence-electron chi connectivity index (χ0n) is 11.6. The second-order valence-corrected chi connectivity index (χ2v) is 5.85. The van der Waals surface area contributed by atoms with Gasteiger partial charge in [0, 0.05) is 5.02 Å². The van der Waals surface area contributed by atoms with Gasteiger partial charge in [-0.25, -0.2) is 4.98 Å². The van der Waals surface area contributed by atoms with E-state index < -0.39 is 0 Å². The normalized spacial score (nSPS) is 18.6. The number of hydrogen-bond donors (Lipinski definition) is 1. The number of imidazole rings is 1. The first-order valence-electron chi connectivity index (χ1n) is 7.23. The van der Waals surface area contributed by atoms with Crippen molar-refractivity contribution in [3.8, 4) is 0 Å². The Kier molecular flexibility index (Phi) is 3.20. The van der Waals surface area contributed by atoms with Gasteiger partial charge in [0.25, 0.3) is 0 Å². The van der Waals surface area contributed by atoms with Crippen molar-refractivity contribution < 1.29 is 4.42 Å². The molecule has 21 heavy (non-hydrogen) atoms. The fourth-order valence-electron chi connectivity index (χ4n) is 3.01. The molecule has 0 aliphatic carbocycles. The minimum atomic E-state index is 0.311. The van der Waals surface area contributed by atoms with E-state index in [1.54, 1.807) is 6.26 Å². The largest absolute Gasteiger partial charge is 0.467 e. The molecule has 108 valence electrons. The molecule has 1 atom stereocenters. The molecule has 4 nitrogen and oxygen atoms in total. The number of benzene rings is 1. The van der Waals surface area contributed by atoms with E-state index in [0.717, 1.165) is 40.6 Å². The van der Waals surface area contributed by atoms with Crippen molar-refractivity contribution in [1.82, 2.24) is 14.9 Å². The quantitative estimate of drug-likeness (QED) is 0.801. The fraction of sp³-hybridized carbons (Fsp3) is 0.312. The maximum atomic E-state index is 6.16. The molecule has 1 unspecified atom stereocenters. The van der Waals surface area contributed by atoms with Crippen LogP contribution >= 0.6 is 11.6 Å². The number of aromatic nitrogens is 2. The van der Waals surface area contributed by atoms with Crippen LogP contribution < -0.4 is 5.32 Å². The molecule has 0 bridgehead atoms. The predicted molar refractivity (Wildman–Crippen MR) is 82.5 cm³/mol. The summed E-state index contributed by atoms with van der Waals surface area (Å²) in [6.07, 6.45) is 4.01. The van der Waals surface area contributed by atoms with Gasteiger partial charge in [0.1, 0.15) is 11.6 Å². The number of rotatable bonds is 3.